The van der Waals surface area contributed by atoms with E-state index in [1.807, 2.05) is 12.3 Å². The van der Waals surface area contributed by atoms with Gasteiger partial charge in [-0.15, -0.1) is 0 Å². The molecule has 2 heteroatoms. The van der Waals surface area contributed by atoms with Crippen molar-refractivity contribution in [3.8, 4) is 0 Å². The van der Waals surface area contributed by atoms with E-state index in [0.29, 0.717) is 11.5 Å². The molecule has 1 unspecified atom stereocenters. The highest BCUT2D eigenvalue weighted by molar-refractivity contribution is 5.21. The Morgan fingerprint density at radius 2 is 2.06 bits per heavy atom. The van der Waals surface area contributed by atoms with Crippen LogP contribution in [0.5, 0.6) is 0 Å². The van der Waals surface area contributed by atoms with Crippen molar-refractivity contribution in [2.75, 3.05) is 6.54 Å². The van der Waals surface area contributed by atoms with E-state index < -0.39 is 0 Å². The van der Waals surface area contributed by atoms with Gasteiger partial charge >= 0.3 is 0 Å². The first kappa shape index (κ1) is 15.2. The molecule has 0 saturated heterocycles. The van der Waals surface area contributed by atoms with E-state index in [9.17, 15) is 0 Å². The van der Waals surface area contributed by atoms with Crippen LogP contribution in [0, 0.1) is 12.3 Å². The maximum absolute atomic E-state index is 4.55. The highest BCUT2D eigenvalue weighted by Gasteiger charge is 2.16. The normalized spacial score (nSPS) is 13.6. The molecule has 0 fully saturated rings. The summed E-state index contributed by atoms with van der Waals surface area (Å²) in [6.45, 7) is 12.2. The van der Waals surface area contributed by atoms with Crippen LogP contribution in [0.4, 0.5) is 0 Å². The standard InChI is InChI=1S/C16H28N2/c1-6-17-14(10-7-11-16(3,4)5)15-13(2)9-8-12-18-15/h8-9,12,14,17H,6-7,10-11H2,1-5H3. The number of rotatable bonds is 6. The number of hydrogen-bond acceptors (Lipinski definition) is 2. The van der Waals surface area contributed by atoms with Crippen LogP contribution in [0.3, 0.4) is 0 Å². The van der Waals surface area contributed by atoms with Crippen molar-refractivity contribution in [3.63, 3.8) is 0 Å². The molecule has 0 aliphatic heterocycles. The van der Waals surface area contributed by atoms with Crippen molar-refractivity contribution in [2.24, 2.45) is 5.41 Å². The van der Waals surface area contributed by atoms with Gasteiger partial charge < -0.3 is 5.32 Å². The third-order valence-electron chi connectivity index (χ3n) is 3.25. The molecule has 1 aromatic heterocycles. The van der Waals surface area contributed by atoms with Crippen LogP contribution < -0.4 is 5.32 Å². The highest BCUT2D eigenvalue weighted by atomic mass is 14.9. The lowest BCUT2D eigenvalue weighted by Crippen LogP contribution is -2.23. The van der Waals surface area contributed by atoms with Gasteiger partial charge in [-0.1, -0.05) is 40.2 Å². The number of nitrogens with one attached hydrogen (secondary N) is 1. The monoisotopic (exact) mass is 248 g/mol. The lowest BCUT2D eigenvalue weighted by atomic mass is 9.88. The van der Waals surface area contributed by atoms with Gasteiger partial charge in [0.25, 0.3) is 0 Å². The number of nitrogens with zero attached hydrogens (tertiary/aromatic N) is 1. The molecule has 18 heavy (non-hydrogen) atoms. The van der Waals surface area contributed by atoms with Gasteiger partial charge in [0.15, 0.2) is 0 Å². The molecule has 0 spiro atoms. The predicted octanol–water partition coefficient (Wildman–Crippen LogP) is 4.26. The van der Waals surface area contributed by atoms with E-state index in [2.05, 4.69) is 51.0 Å². The van der Waals surface area contributed by atoms with Crippen molar-refractivity contribution < 1.29 is 0 Å². The molecular formula is C16H28N2. The Kier molecular flexibility index (Phi) is 5.80. The van der Waals surface area contributed by atoms with Crippen molar-refractivity contribution in [2.45, 2.75) is 59.9 Å². The molecule has 1 aromatic rings. The third kappa shape index (κ3) is 5.18. The average Bonchev–Trinajstić information content (AvgIpc) is 2.27. The minimum atomic E-state index is 0.401. The minimum Gasteiger partial charge on any atom is -0.309 e. The Labute approximate surface area is 112 Å². The summed E-state index contributed by atoms with van der Waals surface area (Å²) < 4.78 is 0. The van der Waals surface area contributed by atoms with Crippen LogP contribution >= 0.6 is 0 Å². The molecule has 2 nitrogen and oxygen atoms in total. The molecule has 1 rings (SSSR count). The zero-order valence-electron chi connectivity index (χ0n) is 12.6. The maximum atomic E-state index is 4.55. The Hall–Kier alpha value is -0.890. The molecule has 0 saturated carbocycles. The van der Waals surface area contributed by atoms with Crippen LogP contribution in [0.1, 0.15) is 64.3 Å². The summed E-state index contributed by atoms with van der Waals surface area (Å²) in [6.07, 6.45) is 5.58. The molecule has 0 bridgehead atoms. The molecular weight excluding hydrogens is 220 g/mol. The van der Waals surface area contributed by atoms with Crippen LogP contribution in [0.2, 0.25) is 0 Å². The van der Waals surface area contributed by atoms with Gasteiger partial charge in [0.05, 0.1) is 5.69 Å². The SMILES string of the molecule is CCNC(CCCC(C)(C)C)c1ncccc1C. The van der Waals surface area contributed by atoms with Crippen LogP contribution in [0.15, 0.2) is 18.3 Å². The molecule has 1 heterocycles. The van der Waals surface area contributed by atoms with Gasteiger partial charge in [-0.2, -0.15) is 0 Å². The van der Waals surface area contributed by atoms with Gasteiger partial charge in [-0.3, -0.25) is 4.98 Å². The number of aromatic nitrogens is 1. The summed E-state index contributed by atoms with van der Waals surface area (Å²) in [6, 6.07) is 4.56. The van der Waals surface area contributed by atoms with Gasteiger partial charge in [0.2, 0.25) is 0 Å². The van der Waals surface area contributed by atoms with E-state index in [0.717, 1.165) is 6.54 Å². The Balaban J connectivity index is 2.63. The second-order valence-electron chi connectivity index (χ2n) is 6.27. The molecule has 1 N–H and O–H groups in total. The fourth-order valence-corrected chi connectivity index (χ4v) is 2.28. The summed E-state index contributed by atoms with van der Waals surface area (Å²) >= 11 is 0. The fourth-order valence-electron chi connectivity index (χ4n) is 2.28. The van der Waals surface area contributed by atoms with Crippen molar-refractivity contribution >= 4 is 0 Å². The second-order valence-corrected chi connectivity index (χ2v) is 6.27. The molecule has 102 valence electrons. The lowest BCUT2D eigenvalue weighted by Gasteiger charge is -2.22. The van der Waals surface area contributed by atoms with Crippen molar-refractivity contribution in [1.29, 1.82) is 0 Å². The van der Waals surface area contributed by atoms with Crippen LogP contribution in [-0.4, -0.2) is 11.5 Å². The Morgan fingerprint density at radius 3 is 2.61 bits per heavy atom. The molecule has 1 atom stereocenters. The summed E-state index contributed by atoms with van der Waals surface area (Å²) in [7, 11) is 0. The van der Waals surface area contributed by atoms with Gasteiger partial charge in [-0.25, -0.2) is 0 Å². The first-order valence-electron chi connectivity index (χ1n) is 7.09. The number of aryl methyl sites for hydroxylation is 1. The van der Waals surface area contributed by atoms with Crippen LogP contribution in [-0.2, 0) is 0 Å². The van der Waals surface area contributed by atoms with Gasteiger partial charge in [0, 0.05) is 12.2 Å². The lowest BCUT2D eigenvalue weighted by molar-refractivity contribution is 0.343. The quantitative estimate of drug-likeness (QED) is 0.813. The van der Waals surface area contributed by atoms with E-state index in [-0.39, 0.29) is 0 Å². The maximum Gasteiger partial charge on any atom is 0.0602 e. The van der Waals surface area contributed by atoms with Crippen molar-refractivity contribution in [3.05, 3.63) is 29.6 Å². The molecule has 0 amide bonds. The summed E-state index contributed by atoms with van der Waals surface area (Å²) in [5, 5.41) is 3.56. The van der Waals surface area contributed by atoms with Gasteiger partial charge in [0.1, 0.15) is 0 Å². The van der Waals surface area contributed by atoms with E-state index >= 15 is 0 Å². The first-order chi connectivity index (χ1) is 8.44. The minimum absolute atomic E-state index is 0.401. The zero-order chi connectivity index (χ0) is 13.6. The highest BCUT2D eigenvalue weighted by Crippen LogP contribution is 2.26. The van der Waals surface area contributed by atoms with Crippen molar-refractivity contribution in [1.82, 2.24) is 10.3 Å². The second kappa shape index (κ2) is 6.89. The molecule has 0 aliphatic rings. The van der Waals surface area contributed by atoms with E-state index in [1.54, 1.807) is 0 Å². The predicted molar refractivity (Wildman–Crippen MR) is 78.7 cm³/mol. The fraction of sp³-hybridized carbons (Fsp3) is 0.688. The summed E-state index contributed by atoms with van der Waals surface area (Å²) in [4.78, 5) is 4.55. The summed E-state index contributed by atoms with van der Waals surface area (Å²) in [5.41, 5.74) is 2.93. The Morgan fingerprint density at radius 1 is 1.33 bits per heavy atom. The first-order valence-corrected chi connectivity index (χ1v) is 7.09. The van der Waals surface area contributed by atoms with Crippen LogP contribution in [0.25, 0.3) is 0 Å². The number of pyridine rings is 1. The Bertz CT molecular complexity index is 352. The zero-order valence-corrected chi connectivity index (χ0v) is 12.6. The van der Waals surface area contributed by atoms with E-state index in [1.165, 1.54) is 30.5 Å². The summed E-state index contributed by atoms with van der Waals surface area (Å²) in [5.74, 6) is 0. The molecule has 0 radical (unpaired) electrons. The largest absolute Gasteiger partial charge is 0.309 e. The number of hydrogen-bond donors (Lipinski definition) is 1. The van der Waals surface area contributed by atoms with Gasteiger partial charge in [-0.05, 0) is 43.4 Å². The van der Waals surface area contributed by atoms with E-state index in [4.69, 9.17) is 0 Å². The molecule has 0 aromatic carbocycles. The molecule has 0 aliphatic carbocycles. The third-order valence-corrected chi connectivity index (χ3v) is 3.25. The topological polar surface area (TPSA) is 24.9 Å². The average molecular weight is 248 g/mol. The smallest absolute Gasteiger partial charge is 0.0602 e.